The average Bonchev–Trinajstić information content (AvgIpc) is 2.66. The minimum Gasteiger partial charge on any atom is -0.385 e. The Morgan fingerprint density at radius 1 is 1.11 bits per heavy atom. The fraction of sp³-hybridized carbons (Fsp3) is 0.400. The van der Waals surface area contributed by atoms with Gasteiger partial charge in [0.25, 0.3) is 0 Å². The zero-order valence-electron chi connectivity index (χ0n) is 15.1. The van der Waals surface area contributed by atoms with Crippen molar-refractivity contribution >= 4 is 39.7 Å². The summed E-state index contributed by atoms with van der Waals surface area (Å²) in [6, 6.07) is 6.99. The zero-order valence-corrected chi connectivity index (χ0v) is 17.3. The van der Waals surface area contributed by atoms with Crippen LogP contribution >= 0.6 is 22.6 Å². The second-order valence-corrected chi connectivity index (χ2v) is 8.71. The van der Waals surface area contributed by atoms with Crippen molar-refractivity contribution in [3.63, 3.8) is 0 Å². The molecular weight excluding hydrogens is 482 g/mol. The summed E-state index contributed by atoms with van der Waals surface area (Å²) in [7, 11) is 0. The highest BCUT2D eigenvalue weighted by molar-refractivity contribution is 14.1. The van der Waals surface area contributed by atoms with E-state index in [9.17, 15) is 18.3 Å². The van der Waals surface area contributed by atoms with E-state index in [-0.39, 0.29) is 17.4 Å². The summed E-state index contributed by atoms with van der Waals surface area (Å²) in [4.78, 5) is 1.78. The first kappa shape index (κ1) is 19.8. The van der Waals surface area contributed by atoms with Crippen LogP contribution < -0.4 is 15.5 Å². The number of rotatable bonds is 4. The van der Waals surface area contributed by atoms with Crippen molar-refractivity contribution in [1.29, 1.82) is 0 Å². The van der Waals surface area contributed by atoms with Crippen molar-refractivity contribution in [1.82, 2.24) is 5.32 Å². The van der Waals surface area contributed by atoms with E-state index in [4.69, 9.17) is 0 Å². The molecular formula is C20H21F3IN3O. The molecule has 0 aromatic heterocycles. The van der Waals surface area contributed by atoms with E-state index in [0.29, 0.717) is 22.3 Å². The van der Waals surface area contributed by atoms with Crippen LogP contribution in [0.1, 0.15) is 19.3 Å². The number of piperidine rings is 1. The summed E-state index contributed by atoms with van der Waals surface area (Å²) in [6.45, 7) is 1.48. The molecule has 0 radical (unpaired) electrons. The highest BCUT2D eigenvalue weighted by Gasteiger charge is 2.48. The van der Waals surface area contributed by atoms with E-state index in [2.05, 4.69) is 10.6 Å². The van der Waals surface area contributed by atoms with Gasteiger partial charge in [0.2, 0.25) is 0 Å². The van der Waals surface area contributed by atoms with Gasteiger partial charge in [0.05, 0.1) is 24.5 Å². The maximum Gasteiger partial charge on any atom is 0.184 e. The van der Waals surface area contributed by atoms with Crippen LogP contribution in [0, 0.1) is 21.0 Å². The first-order valence-corrected chi connectivity index (χ1v) is 10.4. The van der Waals surface area contributed by atoms with Crippen molar-refractivity contribution in [2.45, 2.75) is 30.9 Å². The van der Waals surface area contributed by atoms with Crippen molar-refractivity contribution in [3.05, 3.63) is 51.4 Å². The summed E-state index contributed by atoms with van der Waals surface area (Å²) in [5.41, 5.74) is -0.566. The number of halogens is 4. The lowest BCUT2D eigenvalue weighted by Crippen LogP contribution is -2.71. The third kappa shape index (κ3) is 3.69. The SMILES string of the molecule is OC1([C@@H]2CCCCN2)CN(c2ccc(F)c(F)c2Nc2ccc(I)cc2F)C1. The minimum atomic E-state index is -1.07. The van der Waals surface area contributed by atoms with E-state index in [1.165, 1.54) is 18.2 Å². The molecule has 2 aromatic rings. The van der Waals surface area contributed by atoms with Crippen molar-refractivity contribution in [2.75, 3.05) is 29.9 Å². The van der Waals surface area contributed by atoms with Crippen LogP contribution in [0.4, 0.5) is 30.2 Å². The largest absolute Gasteiger partial charge is 0.385 e. The molecule has 3 N–H and O–H groups in total. The molecule has 0 spiro atoms. The van der Waals surface area contributed by atoms with Crippen LogP contribution in [-0.2, 0) is 0 Å². The fourth-order valence-electron chi connectivity index (χ4n) is 3.96. The van der Waals surface area contributed by atoms with Crippen LogP contribution in [0.3, 0.4) is 0 Å². The monoisotopic (exact) mass is 503 g/mol. The lowest BCUT2D eigenvalue weighted by molar-refractivity contribution is -0.0309. The quantitative estimate of drug-likeness (QED) is 0.550. The first-order chi connectivity index (χ1) is 13.4. The molecule has 2 saturated heterocycles. The maximum atomic E-state index is 14.6. The Balaban J connectivity index is 1.59. The molecule has 2 fully saturated rings. The third-order valence-electron chi connectivity index (χ3n) is 5.49. The Labute approximate surface area is 175 Å². The van der Waals surface area contributed by atoms with E-state index in [0.717, 1.165) is 31.9 Å². The predicted molar refractivity (Wildman–Crippen MR) is 112 cm³/mol. The molecule has 1 atom stereocenters. The van der Waals surface area contributed by atoms with Gasteiger partial charge in [-0.05, 0) is 72.3 Å². The van der Waals surface area contributed by atoms with Gasteiger partial charge in [-0.25, -0.2) is 13.2 Å². The fourth-order valence-corrected chi connectivity index (χ4v) is 4.42. The lowest BCUT2D eigenvalue weighted by atomic mass is 9.81. The van der Waals surface area contributed by atoms with Gasteiger partial charge >= 0.3 is 0 Å². The van der Waals surface area contributed by atoms with Crippen LogP contribution in [0.5, 0.6) is 0 Å². The third-order valence-corrected chi connectivity index (χ3v) is 6.16. The molecule has 0 aliphatic carbocycles. The number of aliphatic hydroxyl groups is 1. The van der Waals surface area contributed by atoms with E-state index < -0.39 is 23.1 Å². The topological polar surface area (TPSA) is 47.5 Å². The highest BCUT2D eigenvalue weighted by atomic mass is 127. The maximum absolute atomic E-state index is 14.6. The molecule has 4 rings (SSSR count). The van der Waals surface area contributed by atoms with Gasteiger partial charge in [-0.15, -0.1) is 0 Å². The second-order valence-electron chi connectivity index (χ2n) is 7.47. The van der Waals surface area contributed by atoms with Crippen molar-refractivity contribution in [3.8, 4) is 0 Å². The van der Waals surface area contributed by atoms with E-state index in [1.54, 1.807) is 11.0 Å². The van der Waals surface area contributed by atoms with Gasteiger partial charge in [-0.1, -0.05) is 6.42 Å². The number of hydrogen-bond donors (Lipinski definition) is 3. The van der Waals surface area contributed by atoms with Crippen LogP contribution in [0.2, 0.25) is 0 Å². The predicted octanol–water partition coefficient (Wildman–Crippen LogP) is 4.15. The molecule has 2 aliphatic heterocycles. The molecule has 8 heteroatoms. The Morgan fingerprint density at radius 2 is 1.89 bits per heavy atom. The van der Waals surface area contributed by atoms with Gasteiger partial charge in [-0.3, -0.25) is 0 Å². The molecule has 0 unspecified atom stereocenters. The second kappa shape index (κ2) is 7.72. The van der Waals surface area contributed by atoms with Gasteiger partial charge in [0, 0.05) is 9.61 Å². The summed E-state index contributed by atoms with van der Waals surface area (Å²) in [6.07, 6.45) is 3.04. The minimum absolute atomic E-state index is 0.00662. The van der Waals surface area contributed by atoms with E-state index >= 15 is 0 Å². The zero-order chi connectivity index (χ0) is 19.9. The summed E-state index contributed by atoms with van der Waals surface area (Å²) in [5.74, 6) is -2.63. The van der Waals surface area contributed by atoms with Crippen LogP contribution in [0.15, 0.2) is 30.3 Å². The Morgan fingerprint density at radius 3 is 2.57 bits per heavy atom. The average molecular weight is 503 g/mol. The van der Waals surface area contributed by atoms with Gasteiger partial charge in [-0.2, -0.15) is 0 Å². The number of nitrogens with one attached hydrogen (secondary N) is 2. The van der Waals surface area contributed by atoms with Gasteiger partial charge in [0.15, 0.2) is 11.6 Å². The molecule has 0 amide bonds. The highest BCUT2D eigenvalue weighted by Crippen LogP contribution is 2.40. The van der Waals surface area contributed by atoms with E-state index in [1.807, 2.05) is 22.6 Å². The molecule has 2 heterocycles. The smallest absolute Gasteiger partial charge is 0.184 e. The van der Waals surface area contributed by atoms with Crippen molar-refractivity contribution in [2.24, 2.45) is 0 Å². The molecule has 2 aromatic carbocycles. The lowest BCUT2D eigenvalue weighted by Gasteiger charge is -2.53. The number of nitrogens with zero attached hydrogens (tertiary/aromatic N) is 1. The van der Waals surface area contributed by atoms with Crippen LogP contribution in [0.25, 0.3) is 0 Å². The number of anilines is 3. The Bertz CT molecular complexity index is 883. The summed E-state index contributed by atoms with van der Waals surface area (Å²) >= 11 is 1.98. The summed E-state index contributed by atoms with van der Waals surface area (Å²) in [5, 5.41) is 16.9. The molecule has 2 aliphatic rings. The van der Waals surface area contributed by atoms with Crippen molar-refractivity contribution < 1.29 is 18.3 Å². The number of β-amino-alcohol motifs (C(OH)–C–C–N with tert-alkyl or cyclic N) is 1. The van der Waals surface area contributed by atoms with Gasteiger partial charge < -0.3 is 20.6 Å². The molecule has 28 heavy (non-hydrogen) atoms. The first-order valence-electron chi connectivity index (χ1n) is 9.28. The standard InChI is InChI=1S/C20H21F3IN3O/c21-13-5-7-16(27-10-20(28,11-27)17-3-1-2-8-25-17)19(18(13)23)26-15-6-4-12(24)9-14(15)22/h4-7,9,17,25-26,28H,1-3,8,10-11H2/t17-/m0/s1. The molecule has 150 valence electrons. The van der Waals surface area contributed by atoms with Crippen LogP contribution in [-0.4, -0.2) is 36.4 Å². The molecule has 0 bridgehead atoms. The molecule has 0 saturated carbocycles. The Hall–Kier alpha value is -1.52. The van der Waals surface area contributed by atoms with Gasteiger partial charge in [0.1, 0.15) is 17.1 Å². The normalized spacial score (nSPS) is 21.3. The number of hydrogen-bond acceptors (Lipinski definition) is 4. The number of benzene rings is 2. The Kier molecular flexibility index (Phi) is 5.45. The summed E-state index contributed by atoms with van der Waals surface area (Å²) < 4.78 is 43.4. The molecule has 4 nitrogen and oxygen atoms in total.